The van der Waals surface area contributed by atoms with Crippen molar-refractivity contribution in [2.75, 3.05) is 13.2 Å². The Balaban J connectivity index is 1.52. The molecule has 0 aromatic heterocycles. The second kappa shape index (κ2) is 10.6. The molecular formula is C24H22N2O3. The Morgan fingerprint density at radius 1 is 0.931 bits per heavy atom. The average Bonchev–Trinajstić information content (AvgIpc) is 2.77. The van der Waals surface area contributed by atoms with Crippen LogP contribution in [-0.4, -0.2) is 30.4 Å². The van der Waals surface area contributed by atoms with Crippen LogP contribution in [0.2, 0.25) is 0 Å². The molecule has 0 bridgehead atoms. The average molecular weight is 386 g/mol. The lowest BCUT2D eigenvalue weighted by molar-refractivity contribution is -0.116. The maximum Gasteiger partial charge on any atom is 0.264 e. The van der Waals surface area contributed by atoms with Crippen LogP contribution >= 0.6 is 0 Å². The number of aliphatic hydroxyl groups is 1. The van der Waals surface area contributed by atoms with E-state index in [-0.39, 0.29) is 19.1 Å². The van der Waals surface area contributed by atoms with Gasteiger partial charge in [0.15, 0.2) is 0 Å². The van der Waals surface area contributed by atoms with Crippen LogP contribution in [0.1, 0.15) is 11.1 Å². The third-order valence-electron chi connectivity index (χ3n) is 4.05. The van der Waals surface area contributed by atoms with Crippen LogP contribution in [0.3, 0.4) is 0 Å². The summed E-state index contributed by atoms with van der Waals surface area (Å²) in [4.78, 5) is 11.9. The van der Waals surface area contributed by atoms with Crippen LogP contribution in [0.25, 0.3) is 17.2 Å². The van der Waals surface area contributed by atoms with E-state index < -0.39 is 0 Å². The molecule has 0 fully saturated rings. The van der Waals surface area contributed by atoms with E-state index in [9.17, 15) is 4.79 Å². The lowest BCUT2D eigenvalue weighted by Crippen LogP contribution is -2.14. The van der Waals surface area contributed by atoms with Gasteiger partial charge in [0.25, 0.3) is 5.91 Å². The molecule has 0 unspecified atom stereocenters. The second-order valence-corrected chi connectivity index (χ2v) is 6.20. The third-order valence-corrected chi connectivity index (χ3v) is 4.05. The summed E-state index contributed by atoms with van der Waals surface area (Å²) >= 11 is 0. The molecule has 0 aliphatic rings. The normalized spacial score (nSPS) is 11.1. The number of carbonyl (C=O) groups excluding carboxylic acids is 1. The molecule has 2 N–H and O–H groups in total. The highest BCUT2D eigenvalue weighted by Gasteiger charge is 1.98. The van der Waals surface area contributed by atoms with E-state index in [1.165, 1.54) is 12.3 Å². The van der Waals surface area contributed by atoms with Gasteiger partial charge in [0.2, 0.25) is 0 Å². The largest absolute Gasteiger partial charge is 0.491 e. The third kappa shape index (κ3) is 6.45. The number of nitrogens with one attached hydrogen (secondary N) is 1. The number of nitrogens with zero attached hydrogens (tertiary/aromatic N) is 1. The smallest absolute Gasteiger partial charge is 0.264 e. The fourth-order valence-corrected chi connectivity index (χ4v) is 2.65. The topological polar surface area (TPSA) is 70.9 Å². The number of hydrogen-bond acceptors (Lipinski definition) is 4. The summed E-state index contributed by atoms with van der Waals surface area (Å²) in [5, 5.41) is 12.7. The molecule has 0 aliphatic carbocycles. The predicted molar refractivity (Wildman–Crippen MR) is 116 cm³/mol. The second-order valence-electron chi connectivity index (χ2n) is 6.20. The van der Waals surface area contributed by atoms with Gasteiger partial charge in [-0.1, -0.05) is 66.7 Å². The number of rotatable bonds is 8. The first-order valence-corrected chi connectivity index (χ1v) is 9.25. The van der Waals surface area contributed by atoms with Crippen molar-refractivity contribution in [2.45, 2.75) is 0 Å². The molecule has 0 radical (unpaired) electrons. The molecule has 3 aromatic carbocycles. The van der Waals surface area contributed by atoms with Crippen molar-refractivity contribution in [3.63, 3.8) is 0 Å². The van der Waals surface area contributed by atoms with Crippen LogP contribution in [0.15, 0.2) is 90.0 Å². The van der Waals surface area contributed by atoms with Crippen LogP contribution in [0.4, 0.5) is 0 Å². The molecule has 5 heteroatoms. The highest BCUT2D eigenvalue weighted by Crippen LogP contribution is 2.19. The zero-order valence-corrected chi connectivity index (χ0v) is 15.9. The van der Waals surface area contributed by atoms with Crippen LogP contribution < -0.4 is 10.2 Å². The maximum absolute atomic E-state index is 11.9. The quantitative estimate of drug-likeness (QED) is 0.351. The van der Waals surface area contributed by atoms with Gasteiger partial charge in [-0.25, -0.2) is 5.43 Å². The lowest BCUT2D eigenvalue weighted by Gasteiger charge is -2.04. The van der Waals surface area contributed by atoms with Crippen molar-refractivity contribution < 1.29 is 14.6 Å². The first kappa shape index (κ1) is 20.0. The fraction of sp³-hybridized carbons (Fsp3) is 0.0833. The van der Waals surface area contributed by atoms with E-state index in [0.717, 1.165) is 22.3 Å². The Labute approximate surface area is 170 Å². The van der Waals surface area contributed by atoms with Crippen molar-refractivity contribution >= 4 is 18.2 Å². The number of hydrazone groups is 1. The van der Waals surface area contributed by atoms with Crippen LogP contribution in [0, 0.1) is 0 Å². The number of hydrogen-bond donors (Lipinski definition) is 2. The van der Waals surface area contributed by atoms with Gasteiger partial charge in [-0.05, 0) is 40.5 Å². The van der Waals surface area contributed by atoms with E-state index in [1.807, 2.05) is 54.6 Å². The Bertz CT molecular complexity index is 981. The Morgan fingerprint density at radius 2 is 1.69 bits per heavy atom. The molecule has 0 saturated carbocycles. The minimum Gasteiger partial charge on any atom is -0.491 e. The lowest BCUT2D eigenvalue weighted by atomic mass is 10.0. The molecule has 0 aliphatic heterocycles. The number of ether oxygens (including phenoxy) is 1. The Hall–Kier alpha value is -3.70. The van der Waals surface area contributed by atoms with Gasteiger partial charge in [-0.2, -0.15) is 5.10 Å². The van der Waals surface area contributed by atoms with Gasteiger partial charge in [0, 0.05) is 6.08 Å². The van der Waals surface area contributed by atoms with E-state index in [0.29, 0.717) is 5.75 Å². The van der Waals surface area contributed by atoms with E-state index in [2.05, 4.69) is 22.7 Å². The highest BCUT2D eigenvalue weighted by molar-refractivity contribution is 5.92. The summed E-state index contributed by atoms with van der Waals surface area (Å²) in [5.74, 6) is 0.314. The molecule has 0 spiro atoms. The molecule has 29 heavy (non-hydrogen) atoms. The highest BCUT2D eigenvalue weighted by atomic mass is 16.5. The number of aliphatic hydroxyl groups excluding tert-OH is 1. The SMILES string of the molecule is O=C(C=Cc1ccc(-c2ccccc2)cc1)NN=Cc1cccc(OCCO)c1. The van der Waals surface area contributed by atoms with Crippen LogP contribution in [-0.2, 0) is 4.79 Å². The summed E-state index contributed by atoms with van der Waals surface area (Å²) < 4.78 is 5.34. The van der Waals surface area contributed by atoms with E-state index >= 15 is 0 Å². The number of benzene rings is 3. The van der Waals surface area contributed by atoms with Crippen molar-refractivity contribution in [3.05, 3.63) is 96.1 Å². The van der Waals surface area contributed by atoms with Crippen molar-refractivity contribution in [1.82, 2.24) is 5.43 Å². The van der Waals surface area contributed by atoms with E-state index in [4.69, 9.17) is 9.84 Å². The molecule has 1 amide bonds. The van der Waals surface area contributed by atoms with Crippen molar-refractivity contribution in [2.24, 2.45) is 5.10 Å². The van der Waals surface area contributed by atoms with E-state index in [1.54, 1.807) is 18.2 Å². The molecule has 0 saturated heterocycles. The van der Waals surface area contributed by atoms with Gasteiger partial charge >= 0.3 is 0 Å². The summed E-state index contributed by atoms with van der Waals surface area (Å²) in [6, 6.07) is 25.3. The predicted octanol–water partition coefficient (Wildman–Crippen LogP) is 3.89. The minimum atomic E-state index is -0.318. The zero-order valence-electron chi connectivity index (χ0n) is 15.9. The Kier molecular flexibility index (Phi) is 7.32. The molecule has 0 heterocycles. The summed E-state index contributed by atoms with van der Waals surface area (Å²) in [6.07, 6.45) is 4.71. The van der Waals surface area contributed by atoms with Crippen LogP contribution in [0.5, 0.6) is 5.75 Å². The summed E-state index contributed by atoms with van der Waals surface area (Å²) in [5.41, 5.74) is 6.45. The first-order valence-electron chi connectivity index (χ1n) is 9.25. The fourth-order valence-electron chi connectivity index (χ4n) is 2.65. The number of amides is 1. The van der Waals surface area contributed by atoms with Gasteiger partial charge in [-0.15, -0.1) is 0 Å². The van der Waals surface area contributed by atoms with Crippen molar-refractivity contribution in [1.29, 1.82) is 0 Å². The molecule has 146 valence electrons. The van der Waals surface area contributed by atoms with Gasteiger partial charge in [0.1, 0.15) is 12.4 Å². The number of carbonyl (C=O) groups is 1. The van der Waals surface area contributed by atoms with Gasteiger partial charge in [0.05, 0.1) is 12.8 Å². The standard InChI is InChI=1S/C24H22N2O3/c27-15-16-29-23-8-4-5-20(17-23)18-25-26-24(28)14-11-19-9-12-22(13-10-19)21-6-2-1-3-7-21/h1-14,17-18,27H,15-16H2,(H,26,28). The summed E-state index contributed by atoms with van der Waals surface area (Å²) in [6.45, 7) is 0.185. The Morgan fingerprint density at radius 3 is 2.45 bits per heavy atom. The molecule has 3 rings (SSSR count). The molecular weight excluding hydrogens is 364 g/mol. The van der Waals surface area contributed by atoms with Crippen molar-refractivity contribution in [3.8, 4) is 16.9 Å². The maximum atomic E-state index is 11.9. The molecule has 3 aromatic rings. The molecule has 5 nitrogen and oxygen atoms in total. The first-order chi connectivity index (χ1) is 14.2. The minimum absolute atomic E-state index is 0.0459. The van der Waals surface area contributed by atoms with Gasteiger partial charge in [-0.3, -0.25) is 4.79 Å². The van der Waals surface area contributed by atoms with Gasteiger partial charge < -0.3 is 9.84 Å². The monoisotopic (exact) mass is 386 g/mol. The molecule has 0 atom stereocenters. The zero-order chi connectivity index (χ0) is 20.3. The summed E-state index contributed by atoms with van der Waals surface area (Å²) in [7, 11) is 0.